The second-order valence-corrected chi connectivity index (χ2v) is 26.6. The summed E-state index contributed by atoms with van der Waals surface area (Å²) in [7, 11) is 5.95. The first-order valence-corrected chi connectivity index (χ1v) is 37.0. The first-order valence-electron chi connectivity index (χ1n) is 37.0. The number of carboxylic acids is 1. The molecule has 2 unspecified atom stereocenters. The molecule has 0 saturated heterocycles. The summed E-state index contributed by atoms with van der Waals surface area (Å²) in [6, 6.07) is 0. The van der Waals surface area contributed by atoms with Gasteiger partial charge in [0.25, 0.3) is 0 Å². The summed E-state index contributed by atoms with van der Waals surface area (Å²) in [5, 5.41) is 11.8. The molecule has 496 valence electrons. The van der Waals surface area contributed by atoms with E-state index in [0.717, 1.165) is 44.9 Å². The predicted molar refractivity (Wildman–Crippen MR) is 357 cm³/mol. The molecule has 0 N–H and O–H groups in total. The number of hydrogen-bond acceptors (Lipinski definition) is 8. The summed E-state index contributed by atoms with van der Waals surface area (Å²) in [5.41, 5.74) is 0. The Bertz CT molecular complexity index is 1430. The molecule has 0 rings (SSSR count). The van der Waals surface area contributed by atoms with Crippen LogP contribution in [-0.4, -0.2) is 82.3 Å². The summed E-state index contributed by atoms with van der Waals surface area (Å²) in [6.45, 7) is 4.81. The first kappa shape index (κ1) is 81.8. The SMILES string of the molecule is CCCCCCC/C=C\C/C=C\CCCCCCCCCCCCCCCCCCCCCCCCCCCCCCCC(=O)OC(COC(=O)CCCCCCCCCCCCCCCCCCCC)COC(OCC[N+](C)(C)C)C(=O)[O-]. The molecule has 0 heterocycles. The summed E-state index contributed by atoms with van der Waals surface area (Å²) in [4.78, 5) is 37.4. The zero-order valence-corrected chi connectivity index (χ0v) is 56.8. The normalized spacial score (nSPS) is 12.7. The van der Waals surface area contributed by atoms with E-state index in [9.17, 15) is 19.5 Å². The van der Waals surface area contributed by atoms with Crippen LogP contribution >= 0.6 is 0 Å². The number of allylic oxidation sites excluding steroid dienone is 4. The summed E-state index contributed by atoms with van der Waals surface area (Å²) >= 11 is 0. The molecule has 9 heteroatoms. The molecule has 0 amide bonds. The third-order valence-corrected chi connectivity index (χ3v) is 17.0. The van der Waals surface area contributed by atoms with E-state index in [4.69, 9.17) is 18.9 Å². The van der Waals surface area contributed by atoms with Gasteiger partial charge in [-0.3, -0.25) is 9.59 Å². The zero-order chi connectivity index (χ0) is 61.2. The molecule has 0 aromatic rings. The van der Waals surface area contributed by atoms with Gasteiger partial charge in [0, 0.05) is 12.8 Å². The van der Waals surface area contributed by atoms with Crippen molar-refractivity contribution in [3.63, 3.8) is 0 Å². The van der Waals surface area contributed by atoms with Gasteiger partial charge in [-0.15, -0.1) is 0 Å². The molecule has 0 bridgehead atoms. The Kier molecular flexibility index (Phi) is 64.9. The van der Waals surface area contributed by atoms with Crippen LogP contribution in [0.15, 0.2) is 24.3 Å². The first-order chi connectivity index (χ1) is 41.1. The van der Waals surface area contributed by atoms with E-state index in [0.29, 0.717) is 17.4 Å². The van der Waals surface area contributed by atoms with Crippen LogP contribution < -0.4 is 5.11 Å². The highest BCUT2D eigenvalue weighted by Crippen LogP contribution is 2.19. The van der Waals surface area contributed by atoms with Crippen LogP contribution in [0, 0.1) is 0 Å². The lowest BCUT2D eigenvalue weighted by atomic mass is 10.0. The number of aliphatic carboxylic acids is 1. The maximum Gasteiger partial charge on any atom is 0.306 e. The fourth-order valence-corrected chi connectivity index (χ4v) is 11.3. The average molecular weight is 1190 g/mol. The van der Waals surface area contributed by atoms with Crippen molar-refractivity contribution in [2.24, 2.45) is 0 Å². The topological polar surface area (TPSA) is 111 Å². The van der Waals surface area contributed by atoms with Gasteiger partial charge in [0.05, 0.1) is 40.3 Å². The number of unbranched alkanes of at least 4 members (excludes halogenated alkanes) is 51. The lowest BCUT2D eigenvalue weighted by molar-refractivity contribution is -0.870. The van der Waals surface area contributed by atoms with Gasteiger partial charge in [0.15, 0.2) is 12.4 Å². The third-order valence-electron chi connectivity index (χ3n) is 17.0. The van der Waals surface area contributed by atoms with Crippen molar-refractivity contribution in [2.75, 3.05) is 47.5 Å². The number of ether oxygens (including phenoxy) is 4. The number of carboxylic acid groups (broad SMARTS) is 1. The molecule has 0 fully saturated rings. The number of nitrogens with zero attached hydrogens (tertiary/aromatic N) is 1. The number of quaternary nitrogens is 1. The lowest BCUT2D eigenvalue weighted by Crippen LogP contribution is -2.44. The number of esters is 2. The monoisotopic (exact) mass is 1190 g/mol. The zero-order valence-electron chi connectivity index (χ0n) is 56.8. The molecule has 0 aliphatic heterocycles. The number of carbonyl (C=O) groups excluding carboxylic acids is 3. The molecule has 0 aromatic heterocycles. The molecular formula is C75H143NO8. The Morgan fingerprint density at radius 1 is 0.357 bits per heavy atom. The van der Waals surface area contributed by atoms with E-state index in [-0.39, 0.29) is 32.2 Å². The van der Waals surface area contributed by atoms with Gasteiger partial charge >= 0.3 is 11.9 Å². The molecule has 0 aliphatic carbocycles. The van der Waals surface area contributed by atoms with E-state index < -0.39 is 24.3 Å². The highest BCUT2D eigenvalue weighted by molar-refractivity contribution is 5.70. The lowest BCUT2D eigenvalue weighted by Gasteiger charge is -2.26. The molecule has 0 saturated carbocycles. The second kappa shape index (κ2) is 66.7. The van der Waals surface area contributed by atoms with Crippen LogP contribution in [0.4, 0.5) is 0 Å². The Morgan fingerprint density at radius 3 is 0.940 bits per heavy atom. The van der Waals surface area contributed by atoms with Crippen LogP contribution in [0.25, 0.3) is 0 Å². The fraction of sp³-hybridized carbons (Fsp3) is 0.907. The highest BCUT2D eigenvalue weighted by Gasteiger charge is 2.22. The molecule has 0 spiro atoms. The third kappa shape index (κ3) is 67.3. The molecule has 0 aromatic carbocycles. The minimum atomic E-state index is -1.62. The van der Waals surface area contributed by atoms with Gasteiger partial charge in [0.2, 0.25) is 0 Å². The van der Waals surface area contributed by atoms with Gasteiger partial charge in [-0.2, -0.15) is 0 Å². The number of rotatable bonds is 70. The van der Waals surface area contributed by atoms with Crippen molar-refractivity contribution in [2.45, 2.75) is 392 Å². The highest BCUT2D eigenvalue weighted by atomic mass is 16.7. The van der Waals surface area contributed by atoms with Crippen LogP contribution in [0.5, 0.6) is 0 Å². The summed E-state index contributed by atoms with van der Waals surface area (Å²) in [5.74, 6) is -2.25. The average Bonchev–Trinajstić information content (AvgIpc) is 3.52. The maximum absolute atomic E-state index is 12.9. The van der Waals surface area contributed by atoms with Crippen molar-refractivity contribution in [1.29, 1.82) is 0 Å². The molecule has 2 atom stereocenters. The van der Waals surface area contributed by atoms with Crippen molar-refractivity contribution in [1.82, 2.24) is 0 Å². The van der Waals surface area contributed by atoms with Crippen molar-refractivity contribution < 1.29 is 42.9 Å². The molecule has 0 radical (unpaired) electrons. The van der Waals surface area contributed by atoms with Crippen LogP contribution in [-0.2, 0) is 33.3 Å². The number of likely N-dealkylation sites (N-methyl/N-ethyl adjacent to an activating group) is 1. The van der Waals surface area contributed by atoms with E-state index >= 15 is 0 Å². The van der Waals surface area contributed by atoms with Crippen molar-refractivity contribution >= 4 is 17.9 Å². The minimum Gasteiger partial charge on any atom is -0.545 e. The quantitative estimate of drug-likeness (QED) is 0.0195. The summed E-state index contributed by atoms with van der Waals surface area (Å²) < 4.78 is 22.8. The summed E-state index contributed by atoms with van der Waals surface area (Å²) in [6.07, 6.45) is 80.1. The van der Waals surface area contributed by atoms with E-state index in [1.165, 1.54) is 308 Å². The van der Waals surface area contributed by atoms with Crippen molar-refractivity contribution in [3.8, 4) is 0 Å². The Balaban J connectivity index is 3.90. The molecule has 84 heavy (non-hydrogen) atoms. The predicted octanol–water partition coefficient (Wildman–Crippen LogP) is 21.6. The van der Waals surface area contributed by atoms with E-state index in [1.54, 1.807) is 0 Å². The Morgan fingerprint density at radius 2 is 0.643 bits per heavy atom. The number of hydrogen-bond donors (Lipinski definition) is 0. The van der Waals surface area contributed by atoms with Gasteiger partial charge in [0.1, 0.15) is 13.2 Å². The fourth-order valence-electron chi connectivity index (χ4n) is 11.3. The molecule has 9 nitrogen and oxygen atoms in total. The molecule has 0 aliphatic rings. The standard InChI is InChI=1S/C75H143NO8/c1-6-8-10-12-14-16-18-20-22-24-26-27-28-29-30-31-32-33-34-35-36-37-38-39-40-41-42-43-44-45-46-47-48-50-52-54-56-58-60-62-64-66-73(78)84-71(70-83-75(74(79)80)81-68-67-76(3,4)5)69-82-72(77)65-63-61-59-57-55-53-51-49-25-23-21-19-17-15-13-11-9-7-2/h18,20,24,26,71,75H,6-17,19,21-23,25,27-70H2,1-5H3/b20-18-,26-24-. The van der Waals surface area contributed by atoms with Crippen LogP contribution in [0.3, 0.4) is 0 Å². The van der Waals surface area contributed by atoms with E-state index in [1.807, 2.05) is 21.1 Å². The smallest absolute Gasteiger partial charge is 0.306 e. The van der Waals surface area contributed by atoms with Crippen LogP contribution in [0.1, 0.15) is 380 Å². The minimum absolute atomic E-state index is 0.152. The second-order valence-electron chi connectivity index (χ2n) is 26.6. The maximum atomic E-state index is 12.9. The number of carbonyl (C=O) groups is 3. The van der Waals surface area contributed by atoms with Gasteiger partial charge in [-0.1, -0.05) is 346 Å². The van der Waals surface area contributed by atoms with Gasteiger partial charge in [-0.25, -0.2) is 0 Å². The largest absolute Gasteiger partial charge is 0.545 e. The van der Waals surface area contributed by atoms with Crippen LogP contribution in [0.2, 0.25) is 0 Å². The van der Waals surface area contributed by atoms with Gasteiger partial charge < -0.3 is 33.3 Å². The van der Waals surface area contributed by atoms with E-state index in [2.05, 4.69) is 38.2 Å². The Labute approximate surface area is 522 Å². The molecular weight excluding hydrogens is 1040 g/mol. The van der Waals surface area contributed by atoms with Crippen molar-refractivity contribution in [3.05, 3.63) is 24.3 Å². The Hall–Kier alpha value is -2.23. The van der Waals surface area contributed by atoms with Gasteiger partial charge in [-0.05, 0) is 44.9 Å².